The molecule has 0 radical (unpaired) electrons. The first kappa shape index (κ1) is 15.9. The van der Waals surface area contributed by atoms with Crippen LogP contribution in [0.2, 0.25) is 0 Å². The molecule has 0 aliphatic rings. The summed E-state index contributed by atoms with van der Waals surface area (Å²) in [7, 11) is -1.96. The third kappa shape index (κ3) is 4.81. The van der Waals surface area contributed by atoms with Gasteiger partial charge in [-0.15, -0.1) is 0 Å². The molecule has 0 unspecified atom stereocenters. The van der Waals surface area contributed by atoms with Gasteiger partial charge in [0, 0.05) is 33.0 Å². The van der Waals surface area contributed by atoms with Crippen LogP contribution in [0.4, 0.5) is 5.82 Å². The molecular weight excluding hydrogens is 268 g/mol. The lowest BCUT2D eigenvalue weighted by molar-refractivity contribution is 0.193. The van der Waals surface area contributed by atoms with Crippen molar-refractivity contribution in [3.63, 3.8) is 0 Å². The molecule has 0 saturated heterocycles. The zero-order chi connectivity index (χ0) is 14.3. The van der Waals surface area contributed by atoms with Crippen LogP contribution in [0.1, 0.15) is 26.2 Å². The number of nitrogens with zero attached hydrogens (tertiary/aromatic N) is 2. The van der Waals surface area contributed by atoms with Gasteiger partial charge >= 0.3 is 0 Å². The molecule has 19 heavy (non-hydrogen) atoms. The fourth-order valence-corrected chi connectivity index (χ4v) is 2.77. The van der Waals surface area contributed by atoms with Gasteiger partial charge in [0.05, 0.1) is 0 Å². The Bertz CT molecular complexity index is 484. The zero-order valence-corrected chi connectivity index (χ0v) is 12.2. The number of hydrogen-bond acceptors (Lipinski definition) is 5. The van der Waals surface area contributed by atoms with Gasteiger partial charge in [0.15, 0.2) is 5.82 Å². The van der Waals surface area contributed by atoms with E-state index >= 15 is 0 Å². The molecule has 7 nitrogen and oxygen atoms in total. The van der Waals surface area contributed by atoms with E-state index in [1.165, 1.54) is 6.20 Å². The Balaban J connectivity index is 2.61. The van der Waals surface area contributed by atoms with Crippen molar-refractivity contribution >= 4 is 15.8 Å². The SMILES string of the molecule is CCCn1cc(S(=O)(=O)NCCCCOC)c(N)n1. The first-order valence-corrected chi connectivity index (χ1v) is 7.81. The molecule has 0 aromatic carbocycles. The number of unbranched alkanes of at least 4 members (excludes halogenated alkanes) is 1. The molecule has 1 rings (SSSR count). The molecule has 0 fully saturated rings. The van der Waals surface area contributed by atoms with Crippen LogP contribution in [0.3, 0.4) is 0 Å². The van der Waals surface area contributed by atoms with E-state index in [1.807, 2.05) is 6.92 Å². The predicted octanol–water partition coefficient (Wildman–Crippen LogP) is 0.580. The van der Waals surface area contributed by atoms with E-state index in [1.54, 1.807) is 11.8 Å². The van der Waals surface area contributed by atoms with Crippen molar-refractivity contribution in [3.05, 3.63) is 6.20 Å². The molecule has 1 aromatic heterocycles. The topological polar surface area (TPSA) is 99.2 Å². The third-order valence-electron chi connectivity index (χ3n) is 2.56. The molecular formula is C11H22N4O3S. The van der Waals surface area contributed by atoms with Crippen LogP contribution in [-0.4, -0.2) is 38.5 Å². The molecule has 0 aliphatic carbocycles. The standard InChI is InChI=1S/C11H22N4O3S/c1-3-7-15-9-10(11(12)14-15)19(16,17)13-6-4-5-8-18-2/h9,13H,3-8H2,1-2H3,(H2,12,14). The second kappa shape index (κ2) is 7.46. The van der Waals surface area contributed by atoms with Crippen LogP contribution in [-0.2, 0) is 21.3 Å². The van der Waals surface area contributed by atoms with E-state index in [-0.39, 0.29) is 10.7 Å². The smallest absolute Gasteiger partial charge is 0.245 e. The quantitative estimate of drug-likeness (QED) is 0.648. The number of aromatic nitrogens is 2. The minimum atomic E-state index is -3.57. The maximum Gasteiger partial charge on any atom is 0.245 e. The molecule has 0 atom stereocenters. The minimum absolute atomic E-state index is 0.0397. The summed E-state index contributed by atoms with van der Waals surface area (Å²) in [6.45, 7) is 3.62. The fourth-order valence-electron chi connectivity index (χ4n) is 1.62. The van der Waals surface area contributed by atoms with E-state index in [0.29, 0.717) is 19.7 Å². The maximum absolute atomic E-state index is 12.0. The summed E-state index contributed by atoms with van der Waals surface area (Å²) in [5.74, 6) is 0.0397. The number of rotatable bonds is 9. The second-order valence-corrected chi connectivity index (χ2v) is 5.97. The largest absolute Gasteiger partial charge is 0.385 e. The molecule has 1 heterocycles. The van der Waals surface area contributed by atoms with Gasteiger partial charge in [0.1, 0.15) is 4.90 Å². The van der Waals surface area contributed by atoms with Crippen molar-refractivity contribution in [1.82, 2.24) is 14.5 Å². The Morgan fingerprint density at radius 2 is 2.21 bits per heavy atom. The Kier molecular flexibility index (Phi) is 6.26. The van der Waals surface area contributed by atoms with Crippen LogP contribution >= 0.6 is 0 Å². The number of ether oxygens (including phenoxy) is 1. The van der Waals surface area contributed by atoms with Gasteiger partial charge in [-0.25, -0.2) is 13.1 Å². The first-order chi connectivity index (χ1) is 9.01. The van der Waals surface area contributed by atoms with Crippen molar-refractivity contribution in [2.45, 2.75) is 37.6 Å². The molecule has 0 amide bonds. The molecule has 1 aromatic rings. The number of nitrogens with two attached hydrogens (primary N) is 1. The highest BCUT2D eigenvalue weighted by atomic mass is 32.2. The Hall–Kier alpha value is -1.12. The van der Waals surface area contributed by atoms with Crippen molar-refractivity contribution in [1.29, 1.82) is 0 Å². The van der Waals surface area contributed by atoms with Gasteiger partial charge < -0.3 is 10.5 Å². The van der Waals surface area contributed by atoms with E-state index in [4.69, 9.17) is 10.5 Å². The lowest BCUT2D eigenvalue weighted by Gasteiger charge is -2.05. The summed E-state index contributed by atoms with van der Waals surface area (Å²) in [5, 5.41) is 3.98. The van der Waals surface area contributed by atoms with E-state index in [2.05, 4.69) is 9.82 Å². The predicted molar refractivity (Wildman–Crippen MR) is 73.2 cm³/mol. The molecule has 0 spiro atoms. The lowest BCUT2D eigenvalue weighted by atomic mass is 10.3. The molecule has 0 bridgehead atoms. The van der Waals surface area contributed by atoms with Crippen molar-refractivity contribution in [2.75, 3.05) is 26.0 Å². The zero-order valence-electron chi connectivity index (χ0n) is 11.4. The number of aryl methyl sites for hydroxylation is 1. The van der Waals surface area contributed by atoms with E-state index < -0.39 is 10.0 Å². The average Bonchev–Trinajstić information content (AvgIpc) is 2.71. The summed E-state index contributed by atoms with van der Waals surface area (Å²) < 4.78 is 33.0. The number of anilines is 1. The van der Waals surface area contributed by atoms with Crippen LogP contribution in [0, 0.1) is 0 Å². The van der Waals surface area contributed by atoms with Gasteiger partial charge in [-0.3, -0.25) is 4.68 Å². The Labute approximate surface area is 114 Å². The lowest BCUT2D eigenvalue weighted by Crippen LogP contribution is -2.25. The number of nitrogens with one attached hydrogen (secondary N) is 1. The summed E-state index contributed by atoms with van der Waals surface area (Å²) in [6, 6.07) is 0. The van der Waals surface area contributed by atoms with Gasteiger partial charge in [0.25, 0.3) is 0 Å². The molecule has 0 saturated carbocycles. The summed E-state index contributed by atoms with van der Waals surface area (Å²) in [6.07, 6.45) is 3.86. The fraction of sp³-hybridized carbons (Fsp3) is 0.727. The minimum Gasteiger partial charge on any atom is -0.385 e. The normalized spacial score (nSPS) is 11.9. The molecule has 0 aliphatic heterocycles. The number of nitrogen functional groups attached to an aromatic ring is 1. The highest BCUT2D eigenvalue weighted by Gasteiger charge is 2.20. The number of sulfonamides is 1. The number of hydrogen-bond donors (Lipinski definition) is 2. The molecule has 8 heteroatoms. The molecule has 3 N–H and O–H groups in total. The van der Waals surface area contributed by atoms with Gasteiger partial charge in [-0.1, -0.05) is 6.92 Å². The van der Waals surface area contributed by atoms with Gasteiger partial charge in [-0.2, -0.15) is 5.10 Å². The summed E-state index contributed by atoms with van der Waals surface area (Å²) in [4.78, 5) is 0.0488. The maximum atomic E-state index is 12.0. The van der Waals surface area contributed by atoms with Crippen LogP contribution in [0.5, 0.6) is 0 Å². The molecule has 110 valence electrons. The van der Waals surface area contributed by atoms with Crippen molar-refractivity contribution < 1.29 is 13.2 Å². The Morgan fingerprint density at radius 3 is 2.84 bits per heavy atom. The van der Waals surface area contributed by atoms with Crippen LogP contribution in [0.15, 0.2) is 11.1 Å². The first-order valence-electron chi connectivity index (χ1n) is 6.32. The van der Waals surface area contributed by atoms with Gasteiger partial charge in [0.2, 0.25) is 10.0 Å². The number of methoxy groups -OCH3 is 1. The summed E-state index contributed by atoms with van der Waals surface area (Å²) in [5.41, 5.74) is 5.64. The second-order valence-electron chi connectivity index (χ2n) is 4.24. The van der Waals surface area contributed by atoms with Gasteiger partial charge in [-0.05, 0) is 19.3 Å². The van der Waals surface area contributed by atoms with Crippen molar-refractivity contribution in [2.24, 2.45) is 0 Å². The average molecular weight is 290 g/mol. The highest BCUT2D eigenvalue weighted by molar-refractivity contribution is 7.89. The highest BCUT2D eigenvalue weighted by Crippen LogP contribution is 2.16. The van der Waals surface area contributed by atoms with Crippen LogP contribution < -0.4 is 10.5 Å². The summed E-state index contributed by atoms with van der Waals surface area (Å²) >= 11 is 0. The van der Waals surface area contributed by atoms with E-state index in [0.717, 1.165) is 19.3 Å². The van der Waals surface area contributed by atoms with Crippen molar-refractivity contribution in [3.8, 4) is 0 Å². The Morgan fingerprint density at radius 1 is 1.47 bits per heavy atom. The monoisotopic (exact) mass is 290 g/mol. The third-order valence-corrected chi connectivity index (χ3v) is 4.04. The van der Waals surface area contributed by atoms with E-state index in [9.17, 15) is 8.42 Å². The van der Waals surface area contributed by atoms with Crippen LogP contribution in [0.25, 0.3) is 0 Å².